The van der Waals surface area contributed by atoms with Gasteiger partial charge in [0.1, 0.15) is 11.6 Å². The molecule has 3 nitrogen and oxygen atoms in total. The number of aliphatic hydroxyl groups excluding tert-OH is 1. The van der Waals surface area contributed by atoms with Gasteiger partial charge in [0.15, 0.2) is 17.5 Å². The molecule has 0 aliphatic rings. The Labute approximate surface area is 136 Å². The van der Waals surface area contributed by atoms with E-state index in [-0.39, 0.29) is 11.1 Å². The lowest BCUT2D eigenvalue weighted by Crippen LogP contribution is -2.28. The Bertz CT molecular complexity index is 701. The van der Waals surface area contributed by atoms with E-state index in [1.165, 1.54) is 19.2 Å². The molecule has 0 aliphatic heterocycles. The zero-order chi connectivity index (χ0) is 17.9. The van der Waals surface area contributed by atoms with E-state index in [0.717, 1.165) is 12.1 Å². The van der Waals surface area contributed by atoms with Crippen molar-refractivity contribution in [3.63, 3.8) is 0 Å². The van der Waals surface area contributed by atoms with E-state index < -0.39 is 42.0 Å². The van der Waals surface area contributed by atoms with Crippen LogP contribution in [0.1, 0.15) is 30.1 Å². The third-order valence-corrected chi connectivity index (χ3v) is 3.72. The van der Waals surface area contributed by atoms with Gasteiger partial charge in [-0.3, -0.25) is 0 Å². The predicted molar refractivity (Wildman–Crippen MR) is 80.6 cm³/mol. The zero-order valence-electron chi connectivity index (χ0n) is 13.1. The summed E-state index contributed by atoms with van der Waals surface area (Å²) in [5, 5.41) is 12.3. The third-order valence-electron chi connectivity index (χ3n) is 3.72. The molecule has 0 bridgehead atoms. The van der Waals surface area contributed by atoms with Gasteiger partial charge in [-0.15, -0.1) is 0 Å². The minimum atomic E-state index is -1.58. The maximum atomic E-state index is 14.1. The maximum Gasteiger partial charge on any atom is 0.194 e. The van der Waals surface area contributed by atoms with Crippen molar-refractivity contribution in [1.82, 2.24) is 5.32 Å². The number of hydrogen-bond donors (Lipinski definition) is 2. The fourth-order valence-electron chi connectivity index (χ4n) is 2.41. The van der Waals surface area contributed by atoms with Gasteiger partial charge in [0.05, 0.1) is 19.8 Å². The van der Waals surface area contributed by atoms with E-state index in [0.29, 0.717) is 5.75 Å². The summed E-state index contributed by atoms with van der Waals surface area (Å²) >= 11 is 0. The second-order valence-electron chi connectivity index (χ2n) is 5.31. The second kappa shape index (κ2) is 7.63. The summed E-state index contributed by atoms with van der Waals surface area (Å²) < 4.78 is 58.7. The first kappa shape index (κ1) is 18.2. The Hall–Kier alpha value is -2.12. The van der Waals surface area contributed by atoms with Crippen molar-refractivity contribution in [2.24, 2.45) is 0 Å². The van der Waals surface area contributed by atoms with Crippen molar-refractivity contribution in [2.75, 3.05) is 13.7 Å². The molecule has 0 aromatic heterocycles. The molecule has 24 heavy (non-hydrogen) atoms. The van der Waals surface area contributed by atoms with Crippen LogP contribution in [-0.4, -0.2) is 18.8 Å². The third kappa shape index (κ3) is 3.85. The minimum Gasteiger partial charge on any atom is -0.497 e. The standard InChI is InChI=1S/C17H17F4NO2/c1-9(12-4-3-11(24-2)7-13(12)18)22-16(8-23)10-5-14(19)17(21)15(20)6-10/h3-7,9,16,22-23H,8H2,1-2H3. The molecule has 2 unspecified atom stereocenters. The highest BCUT2D eigenvalue weighted by molar-refractivity contribution is 5.31. The Morgan fingerprint density at radius 2 is 1.67 bits per heavy atom. The molecule has 2 aromatic rings. The second-order valence-corrected chi connectivity index (χ2v) is 5.31. The summed E-state index contributed by atoms with van der Waals surface area (Å²) in [5.74, 6) is -4.46. The van der Waals surface area contributed by atoms with Crippen LogP contribution in [-0.2, 0) is 0 Å². The number of aliphatic hydroxyl groups is 1. The van der Waals surface area contributed by atoms with Gasteiger partial charge in [0, 0.05) is 17.7 Å². The number of rotatable bonds is 6. The lowest BCUT2D eigenvalue weighted by Gasteiger charge is -2.23. The van der Waals surface area contributed by atoms with Gasteiger partial charge in [-0.1, -0.05) is 6.07 Å². The van der Waals surface area contributed by atoms with Gasteiger partial charge in [-0.25, -0.2) is 17.6 Å². The van der Waals surface area contributed by atoms with Gasteiger partial charge in [0.25, 0.3) is 0 Å². The van der Waals surface area contributed by atoms with Crippen LogP contribution < -0.4 is 10.1 Å². The monoisotopic (exact) mass is 343 g/mol. The molecule has 0 aliphatic carbocycles. The number of hydrogen-bond acceptors (Lipinski definition) is 3. The van der Waals surface area contributed by atoms with E-state index >= 15 is 0 Å². The summed E-state index contributed by atoms with van der Waals surface area (Å²) in [6.07, 6.45) is 0. The van der Waals surface area contributed by atoms with Crippen molar-refractivity contribution in [3.05, 3.63) is 64.7 Å². The summed E-state index contributed by atoms with van der Waals surface area (Å²) in [6, 6.07) is 4.40. The number of benzene rings is 2. The van der Waals surface area contributed by atoms with Crippen LogP contribution in [0.25, 0.3) is 0 Å². The first-order valence-electron chi connectivity index (χ1n) is 7.22. The molecule has 0 spiro atoms. The summed E-state index contributed by atoms with van der Waals surface area (Å²) in [7, 11) is 1.41. The first-order valence-corrected chi connectivity index (χ1v) is 7.22. The fourth-order valence-corrected chi connectivity index (χ4v) is 2.41. The topological polar surface area (TPSA) is 41.5 Å². The molecule has 0 amide bonds. The zero-order valence-corrected chi connectivity index (χ0v) is 13.1. The molecule has 2 N–H and O–H groups in total. The molecule has 0 heterocycles. The Balaban J connectivity index is 2.24. The van der Waals surface area contributed by atoms with Crippen molar-refractivity contribution in [2.45, 2.75) is 19.0 Å². The molecule has 2 rings (SSSR count). The molecule has 2 atom stereocenters. The van der Waals surface area contributed by atoms with E-state index in [2.05, 4.69) is 5.32 Å². The van der Waals surface area contributed by atoms with Gasteiger partial charge >= 0.3 is 0 Å². The van der Waals surface area contributed by atoms with Crippen molar-refractivity contribution in [1.29, 1.82) is 0 Å². The van der Waals surface area contributed by atoms with Crippen molar-refractivity contribution in [3.8, 4) is 5.75 Å². The molecule has 0 saturated carbocycles. The Kier molecular flexibility index (Phi) is 5.80. The highest BCUT2D eigenvalue weighted by Crippen LogP contribution is 2.26. The molecule has 2 aromatic carbocycles. The normalized spacial score (nSPS) is 13.6. The van der Waals surface area contributed by atoms with Crippen molar-refractivity contribution >= 4 is 0 Å². The number of ether oxygens (including phenoxy) is 1. The highest BCUT2D eigenvalue weighted by atomic mass is 19.2. The van der Waals surface area contributed by atoms with Crippen LogP contribution in [0.3, 0.4) is 0 Å². The lowest BCUT2D eigenvalue weighted by molar-refractivity contribution is 0.233. The van der Waals surface area contributed by atoms with Crippen molar-refractivity contribution < 1.29 is 27.4 Å². The summed E-state index contributed by atoms with van der Waals surface area (Å²) in [6.45, 7) is 1.12. The largest absolute Gasteiger partial charge is 0.497 e. The molecular formula is C17H17F4NO2. The van der Waals surface area contributed by atoms with Crippen LogP contribution in [0.5, 0.6) is 5.75 Å². The number of nitrogens with one attached hydrogen (secondary N) is 1. The SMILES string of the molecule is COc1ccc(C(C)NC(CO)c2cc(F)c(F)c(F)c2)c(F)c1. The van der Waals surface area contributed by atoms with E-state index in [9.17, 15) is 22.7 Å². The van der Waals surface area contributed by atoms with Gasteiger partial charge in [-0.2, -0.15) is 0 Å². The lowest BCUT2D eigenvalue weighted by atomic mass is 10.0. The van der Waals surface area contributed by atoms with E-state index in [1.807, 2.05) is 0 Å². The summed E-state index contributed by atoms with van der Waals surface area (Å²) in [4.78, 5) is 0. The highest BCUT2D eigenvalue weighted by Gasteiger charge is 2.20. The first-order chi connectivity index (χ1) is 11.4. The van der Waals surface area contributed by atoms with Gasteiger partial charge in [0.2, 0.25) is 0 Å². The van der Waals surface area contributed by atoms with Crippen LogP contribution in [0.15, 0.2) is 30.3 Å². The minimum absolute atomic E-state index is 0.0228. The molecular weight excluding hydrogens is 326 g/mol. The molecule has 130 valence electrons. The van der Waals surface area contributed by atoms with Gasteiger partial charge < -0.3 is 15.2 Å². The summed E-state index contributed by atoms with van der Waals surface area (Å²) in [5.41, 5.74) is 0.312. The van der Waals surface area contributed by atoms with E-state index in [4.69, 9.17) is 4.74 Å². The predicted octanol–water partition coefficient (Wildman–Crippen LogP) is 3.64. The molecule has 0 saturated heterocycles. The van der Waals surface area contributed by atoms with Crippen LogP contribution >= 0.6 is 0 Å². The fraction of sp³-hybridized carbons (Fsp3) is 0.294. The van der Waals surface area contributed by atoms with Crippen LogP contribution in [0.4, 0.5) is 17.6 Å². The molecule has 0 fully saturated rings. The van der Waals surface area contributed by atoms with Crippen LogP contribution in [0, 0.1) is 23.3 Å². The number of halogens is 4. The number of methoxy groups -OCH3 is 1. The van der Waals surface area contributed by atoms with E-state index in [1.54, 1.807) is 13.0 Å². The Morgan fingerprint density at radius 1 is 1.04 bits per heavy atom. The Morgan fingerprint density at radius 3 is 2.17 bits per heavy atom. The van der Waals surface area contributed by atoms with Gasteiger partial charge in [-0.05, 0) is 30.7 Å². The maximum absolute atomic E-state index is 14.1. The smallest absolute Gasteiger partial charge is 0.194 e. The quantitative estimate of drug-likeness (QED) is 0.622. The average Bonchev–Trinajstić information content (AvgIpc) is 2.56. The molecule has 0 radical (unpaired) electrons. The average molecular weight is 343 g/mol. The molecule has 7 heteroatoms. The van der Waals surface area contributed by atoms with Crippen LogP contribution in [0.2, 0.25) is 0 Å².